The molecule has 1 nitrogen and oxygen atoms in total. The smallest absolute Gasteiger partial charge is 0.0567 e. The second-order valence-corrected chi connectivity index (χ2v) is 2.77. The lowest BCUT2D eigenvalue weighted by atomic mass is 10.2. The summed E-state index contributed by atoms with van der Waals surface area (Å²) in [6, 6.07) is 7.54. The molecule has 0 aliphatic rings. The van der Waals surface area contributed by atoms with Gasteiger partial charge in [0.2, 0.25) is 0 Å². The largest absolute Gasteiger partial charge is 0.288 e. The maximum Gasteiger partial charge on any atom is 0.0567 e. The average molecular weight is 180 g/mol. The number of hydrogen-bond donors (Lipinski definition) is 0. The third kappa shape index (κ3) is 2.89. The van der Waals surface area contributed by atoms with Crippen LogP contribution in [0.1, 0.15) is 5.56 Å². The van der Waals surface area contributed by atoms with E-state index in [9.17, 15) is 0 Å². The Labute approximate surface area is 77.4 Å². The molecule has 62 valence electrons. The van der Waals surface area contributed by atoms with Gasteiger partial charge in [0.15, 0.2) is 0 Å². The molecule has 0 heterocycles. The molecule has 1 aromatic rings. The number of nitrogens with zero attached hydrogens (tertiary/aromatic N) is 1. The Morgan fingerprint density at radius 1 is 1.33 bits per heavy atom. The van der Waals surface area contributed by atoms with Gasteiger partial charge >= 0.3 is 0 Å². The molecule has 0 amide bonds. The quantitative estimate of drug-likeness (QED) is 0.500. The molecule has 0 N–H and O–H groups in total. The van der Waals surface area contributed by atoms with Crippen molar-refractivity contribution in [2.75, 3.05) is 6.54 Å². The topological polar surface area (TPSA) is 12.4 Å². The van der Waals surface area contributed by atoms with E-state index >= 15 is 0 Å². The molecule has 0 atom stereocenters. The van der Waals surface area contributed by atoms with Crippen molar-refractivity contribution in [2.45, 2.75) is 0 Å². The first kappa shape index (κ1) is 9.01. The highest BCUT2D eigenvalue weighted by Gasteiger charge is 1.86. The molecule has 0 unspecified atom stereocenters. The molecule has 0 bridgehead atoms. The first-order valence-corrected chi connectivity index (χ1v) is 4.07. The lowest BCUT2D eigenvalue weighted by Gasteiger charge is -1.91. The molecule has 0 saturated carbocycles. The summed E-state index contributed by atoms with van der Waals surface area (Å²) in [7, 11) is 0. The van der Waals surface area contributed by atoms with Gasteiger partial charge in [0.25, 0.3) is 0 Å². The van der Waals surface area contributed by atoms with Gasteiger partial charge in [-0.05, 0) is 17.7 Å². The van der Waals surface area contributed by atoms with Gasteiger partial charge in [-0.1, -0.05) is 29.8 Å². The highest BCUT2D eigenvalue weighted by atomic mass is 35.5. The zero-order chi connectivity index (χ0) is 8.81. The third-order valence-corrected chi connectivity index (χ3v) is 1.60. The molecular weight excluding hydrogens is 170 g/mol. The van der Waals surface area contributed by atoms with Crippen LogP contribution in [0.25, 0.3) is 0 Å². The number of halogens is 1. The molecule has 1 aromatic carbocycles. The molecule has 0 spiro atoms. The van der Waals surface area contributed by atoms with Crippen LogP contribution < -0.4 is 0 Å². The van der Waals surface area contributed by atoms with Crippen LogP contribution in [0.2, 0.25) is 5.02 Å². The highest BCUT2D eigenvalue weighted by molar-refractivity contribution is 6.30. The molecule has 0 aromatic heterocycles. The molecule has 2 heteroatoms. The number of benzene rings is 1. The molecule has 1 rings (SSSR count). The summed E-state index contributed by atoms with van der Waals surface area (Å²) in [5.74, 6) is 0. The molecule has 0 fully saturated rings. The maximum atomic E-state index is 5.71. The van der Waals surface area contributed by atoms with Gasteiger partial charge in [-0.2, -0.15) is 0 Å². The average Bonchev–Trinajstić information content (AvgIpc) is 2.09. The van der Waals surface area contributed by atoms with E-state index in [2.05, 4.69) is 11.6 Å². The van der Waals surface area contributed by atoms with Crippen LogP contribution in [0.15, 0.2) is 41.9 Å². The Balaban J connectivity index is 2.64. The van der Waals surface area contributed by atoms with E-state index in [4.69, 9.17) is 11.6 Å². The zero-order valence-corrected chi connectivity index (χ0v) is 7.46. The Hall–Kier alpha value is -1.08. The van der Waals surface area contributed by atoms with E-state index in [-0.39, 0.29) is 0 Å². The van der Waals surface area contributed by atoms with E-state index < -0.39 is 0 Å². The van der Waals surface area contributed by atoms with Crippen LogP contribution in [0.4, 0.5) is 0 Å². The minimum atomic E-state index is 0.655. The fourth-order valence-corrected chi connectivity index (χ4v) is 0.907. The van der Waals surface area contributed by atoms with Gasteiger partial charge in [0.1, 0.15) is 0 Å². The van der Waals surface area contributed by atoms with Gasteiger partial charge in [0.05, 0.1) is 6.54 Å². The summed E-state index contributed by atoms with van der Waals surface area (Å²) in [5, 5.41) is 0.746. The van der Waals surface area contributed by atoms with E-state index in [1.54, 1.807) is 12.3 Å². The predicted octanol–water partition coefficient (Wildman–Crippen LogP) is 2.94. The summed E-state index contributed by atoms with van der Waals surface area (Å²) in [4.78, 5) is 4.10. The van der Waals surface area contributed by atoms with Crippen molar-refractivity contribution in [1.29, 1.82) is 0 Å². The van der Waals surface area contributed by atoms with Crippen LogP contribution in [0.3, 0.4) is 0 Å². The van der Waals surface area contributed by atoms with Gasteiger partial charge in [-0.15, -0.1) is 6.58 Å². The Kier molecular flexibility index (Phi) is 3.55. The lowest BCUT2D eigenvalue weighted by Crippen LogP contribution is -1.80. The monoisotopic (exact) mass is 179 g/mol. The Morgan fingerprint density at radius 3 is 2.58 bits per heavy atom. The first-order chi connectivity index (χ1) is 5.83. The van der Waals surface area contributed by atoms with Gasteiger partial charge in [0, 0.05) is 11.2 Å². The second kappa shape index (κ2) is 4.73. The lowest BCUT2D eigenvalue weighted by molar-refractivity contribution is 1.26. The standard InChI is InChI=1S/C10H10ClN/c1-2-7-12-8-9-3-5-10(11)6-4-9/h2-6,8H,1,7H2. The van der Waals surface area contributed by atoms with Crippen LogP contribution in [0.5, 0.6) is 0 Å². The fraction of sp³-hybridized carbons (Fsp3) is 0.100. The second-order valence-electron chi connectivity index (χ2n) is 2.33. The molecule has 0 saturated heterocycles. The number of rotatable bonds is 3. The van der Waals surface area contributed by atoms with E-state index in [1.165, 1.54) is 0 Å². The maximum absolute atomic E-state index is 5.71. The van der Waals surface area contributed by atoms with Crippen molar-refractivity contribution < 1.29 is 0 Å². The van der Waals surface area contributed by atoms with Crippen LogP contribution in [-0.4, -0.2) is 12.8 Å². The van der Waals surface area contributed by atoms with Crippen LogP contribution >= 0.6 is 11.6 Å². The van der Waals surface area contributed by atoms with Crippen molar-refractivity contribution in [3.63, 3.8) is 0 Å². The summed E-state index contributed by atoms with van der Waals surface area (Å²) < 4.78 is 0. The molecule has 0 aliphatic heterocycles. The first-order valence-electron chi connectivity index (χ1n) is 3.69. The van der Waals surface area contributed by atoms with Crippen LogP contribution in [-0.2, 0) is 0 Å². The van der Waals surface area contributed by atoms with Crippen molar-refractivity contribution in [3.05, 3.63) is 47.5 Å². The zero-order valence-electron chi connectivity index (χ0n) is 6.70. The summed E-state index contributed by atoms with van der Waals surface area (Å²) in [5.41, 5.74) is 1.06. The van der Waals surface area contributed by atoms with Crippen LogP contribution in [0, 0.1) is 0 Å². The third-order valence-electron chi connectivity index (χ3n) is 1.34. The Morgan fingerprint density at radius 2 is 2.00 bits per heavy atom. The van der Waals surface area contributed by atoms with E-state index in [0.717, 1.165) is 10.6 Å². The summed E-state index contributed by atoms with van der Waals surface area (Å²) in [6.07, 6.45) is 3.56. The van der Waals surface area contributed by atoms with Crippen molar-refractivity contribution in [2.24, 2.45) is 4.99 Å². The highest BCUT2D eigenvalue weighted by Crippen LogP contribution is 2.07. The predicted molar refractivity (Wildman–Crippen MR) is 54.1 cm³/mol. The minimum Gasteiger partial charge on any atom is -0.288 e. The minimum absolute atomic E-state index is 0.655. The van der Waals surface area contributed by atoms with Gasteiger partial charge in [-0.25, -0.2) is 0 Å². The molecule has 0 radical (unpaired) electrons. The van der Waals surface area contributed by atoms with Crippen molar-refractivity contribution in [1.82, 2.24) is 0 Å². The molecular formula is C10H10ClN. The SMILES string of the molecule is C=CCN=Cc1ccc(Cl)cc1. The molecule has 12 heavy (non-hydrogen) atoms. The van der Waals surface area contributed by atoms with Gasteiger partial charge in [-0.3, -0.25) is 4.99 Å². The van der Waals surface area contributed by atoms with E-state index in [0.29, 0.717) is 6.54 Å². The fourth-order valence-electron chi connectivity index (χ4n) is 0.781. The van der Waals surface area contributed by atoms with Gasteiger partial charge < -0.3 is 0 Å². The van der Waals surface area contributed by atoms with E-state index in [1.807, 2.05) is 24.3 Å². The van der Waals surface area contributed by atoms with Crippen molar-refractivity contribution >= 4 is 17.8 Å². The number of aliphatic imine (C=N–C) groups is 1. The summed E-state index contributed by atoms with van der Waals surface area (Å²) in [6.45, 7) is 4.23. The summed E-state index contributed by atoms with van der Waals surface area (Å²) >= 11 is 5.71. The number of hydrogen-bond acceptors (Lipinski definition) is 1. The normalized spacial score (nSPS) is 10.4. The Bertz CT molecular complexity index is 274. The molecule has 0 aliphatic carbocycles. The van der Waals surface area contributed by atoms with Crippen molar-refractivity contribution in [3.8, 4) is 0 Å².